The summed E-state index contributed by atoms with van der Waals surface area (Å²) in [5.74, 6) is 0. The fourth-order valence-electron chi connectivity index (χ4n) is 0.784. The zero-order chi connectivity index (χ0) is 10.1. The van der Waals surface area contributed by atoms with E-state index in [1.54, 1.807) is 14.1 Å². The quantitative estimate of drug-likeness (QED) is 0.582. The van der Waals surface area contributed by atoms with E-state index in [4.69, 9.17) is 4.74 Å². The van der Waals surface area contributed by atoms with Gasteiger partial charge in [-0.3, -0.25) is 0 Å². The highest BCUT2D eigenvalue weighted by atomic mass is 19.4. The summed E-state index contributed by atoms with van der Waals surface area (Å²) in [5, 5.41) is 0. The molecule has 74 valence electrons. The van der Waals surface area contributed by atoms with Crippen LogP contribution in [0, 0.1) is 0 Å². The van der Waals surface area contributed by atoms with Gasteiger partial charge in [-0.05, 0) is 6.08 Å². The smallest absolute Gasteiger partial charge is 0.433 e. The number of alkyl halides is 3. The molecule has 1 aliphatic heterocycles. The summed E-state index contributed by atoms with van der Waals surface area (Å²) in [6.07, 6.45) is -3.49. The van der Waals surface area contributed by atoms with Gasteiger partial charge in [-0.2, -0.15) is 18.2 Å². The summed E-state index contributed by atoms with van der Waals surface area (Å²) in [4.78, 5) is 4.70. The van der Waals surface area contributed by atoms with Gasteiger partial charge in [-0.1, -0.05) is 0 Å². The van der Waals surface area contributed by atoms with E-state index in [0.717, 1.165) is 6.08 Å². The van der Waals surface area contributed by atoms with E-state index in [-0.39, 0.29) is 12.6 Å². The minimum atomic E-state index is -4.40. The van der Waals surface area contributed by atoms with Crippen molar-refractivity contribution in [3.05, 3.63) is 11.8 Å². The van der Waals surface area contributed by atoms with Gasteiger partial charge >= 0.3 is 6.18 Å². The summed E-state index contributed by atoms with van der Waals surface area (Å²) >= 11 is 0. The Hall–Kier alpha value is -1.20. The van der Waals surface area contributed by atoms with Crippen LogP contribution in [-0.2, 0) is 4.74 Å². The molecule has 0 aromatic rings. The Labute approximate surface area is 73.5 Å². The van der Waals surface area contributed by atoms with Gasteiger partial charge < -0.3 is 9.64 Å². The van der Waals surface area contributed by atoms with Crippen molar-refractivity contribution in [1.82, 2.24) is 4.90 Å². The zero-order valence-electron chi connectivity index (χ0n) is 7.22. The maximum Gasteiger partial charge on any atom is 0.433 e. The molecule has 0 saturated carbocycles. The molecule has 0 unspecified atom stereocenters. The van der Waals surface area contributed by atoms with E-state index in [9.17, 15) is 13.2 Å². The number of amidine groups is 1. The number of hydrogen-bond donors (Lipinski definition) is 0. The number of ether oxygens (including phenoxy) is 1. The molecule has 3 nitrogen and oxygen atoms in total. The third-order valence-electron chi connectivity index (χ3n) is 1.38. The van der Waals surface area contributed by atoms with Crippen molar-refractivity contribution in [1.29, 1.82) is 0 Å². The van der Waals surface area contributed by atoms with E-state index >= 15 is 0 Å². The first-order valence-electron chi connectivity index (χ1n) is 3.57. The summed E-state index contributed by atoms with van der Waals surface area (Å²) in [6.45, 7) is -0.0914. The lowest BCUT2D eigenvalue weighted by atomic mass is 10.4. The highest BCUT2D eigenvalue weighted by Gasteiger charge is 2.35. The lowest BCUT2D eigenvalue weighted by Crippen LogP contribution is -2.29. The Balaban J connectivity index is 2.85. The van der Waals surface area contributed by atoms with Gasteiger partial charge in [0.15, 0.2) is 0 Å². The second-order valence-electron chi connectivity index (χ2n) is 2.69. The molecule has 6 heteroatoms. The Morgan fingerprint density at radius 1 is 1.46 bits per heavy atom. The lowest BCUT2D eigenvalue weighted by molar-refractivity contribution is -0.0937. The third-order valence-corrected chi connectivity index (χ3v) is 1.38. The van der Waals surface area contributed by atoms with Crippen LogP contribution in [0.25, 0.3) is 0 Å². The second kappa shape index (κ2) is 3.27. The van der Waals surface area contributed by atoms with Gasteiger partial charge in [0.25, 0.3) is 6.02 Å². The van der Waals surface area contributed by atoms with E-state index in [0.29, 0.717) is 0 Å². The molecule has 1 heterocycles. The van der Waals surface area contributed by atoms with Crippen LogP contribution in [0.4, 0.5) is 13.2 Å². The van der Waals surface area contributed by atoms with Crippen LogP contribution in [0.3, 0.4) is 0 Å². The molecule has 0 bridgehead atoms. The summed E-state index contributed by atoms with van der Waals surface area (Å²) < 4.78 is 41.3. The van der Waals surface area contributed by atoms with Crippen LogP contribution in [0.1, 0.15) is 0 Å². The molecular weight excluding hydrogens is 185 g/mol. The molecule has 0 radical (unpaired) electrons. The molecule has 0 atom stereocenters. The number of halogens is 3. The summed E-state index contributed by atoms with van der Waals surface area (Å²) in [7, 11) is 3.14. The van der Waals surface area contributed by atoms with E-state index in [1.165, 1.54) is 4.90 Å². The number of hydrogen-bond acceptors (Lipinski definition) is 3. The van der Waals surface area contributed by atoms with Crippen LogP contribution >= 0.6 is 0 Å². The molecule has 0 N–H and O–H groups in total. The highest BCUT2D eigenvalue weighted by molar-refractivity contribution is 5.75. The van der Waals surface area contributed by atoms with Crippen molar-refractivity contribution in [2.45, 2.75) is 6.18 Å². The van der Waals surface area contributed by atoms with Crippen molar-refractivity contribution in [3.63, 3.8) is 0 Å². The zero-order valence-corrected chi connectivity index (χ0v) is 7.22. The minimum absolute atomic E-state index is 0.0187. The molecule has 0 amide bonds. The molecule has 0 saturated heterocycles. The molecule has 1 aliphatic rings. The Bertz CT molecular complexity index is 255. The van der Waals surface area contributed by atoms with Gasteiger partial charge in [-0.25, -0.2) is 0 Å². The normalized spacial score (nSPS) is 17.3. The summed E-state index contributed by atoms with van der Waals surface area (Å²) in [5.41, 5.74) is -0.901. The van der Waals surface area contributed by atoms with E-state index < -0.39 is 11.9 Å². The van der Waals surface area contributed by atoms with Crippen molar-refractivity contribution >= 4 is 6.02 Å². The number of rotatable bonds is 0. The molecule has 0 aliphatic carbocycles. The Morgan fingerprint density at radius 2 is 2.08 bits per heavy atom. The third kappa shape index (κ3) is 2.37. The van der Waals surface area contributed by atoms with Crippen LogP contribution in [0.15, 0.2) is 16.8 Å². The fraction of sp³-hybridized carbons (Fsp3) is 0.571. The molecule has 0 aromatic carbocycles. The van der Waals surface area contributed by atoms with Gasteiger partial charge in [0.1, 0.15) is 12.3 Å². The first kappa shape index (κ1) is 9.88. The lowest BCUT2D eigenvalue weighted by Gasteiger charge is -2.20. The van der Waals surface area contributed by atoms with Crippen molar-refractivity contribution in [3.8, 4) is 0 Å². The molecule has 1 rings (SSSR count). The van der Waals surface area contributed by atoms with E-state index in [2.05, 4.69) is 4.99 Å². The maximum atomic E-state index is 12.1. The van der Waals surface area contributed by atoms with Gasteiger partial charge in [-0.15, -0.1) is 0 Å². The fourth-order valence-corrected chi connectivity index (χ4v) is 0.784. The van der Waals surface area contributed by atoms with Crippen molar-refractivity contribution < 1.29 is 17.9 Å². The number of aliphatic imine (C=N–C) groups is 1. The van der Waals surface area contributed by atoms with Gasteiger partial charge in [0.05, 0.1) is 0 Å². The maximum absolute atomic E-state index is 12.1. The number of nitrogens with zero attached hydrogens (tertiary/aromatic N) is 2. The van der Waals surface area contributed by atoms with Crippen LogP contribution in [-0.4, -0.2) is 37.8 Å². The predicted molar refractivity (Wildman–Crippen MR) is 41.2 cm³/mol. The largest absolute Gasteiger partial charge is 0.461 e. The predicted octanol–water partition coefficient (Wildman–Crippen LogP) is 1.38. The van der Waals surface area contributed by atoms with Crippen LogP contribution < -0.4 is 0 Å². The van der Waals surface area contributed by atoms with Gasteiger partial charge in [0.2, 0.25) is 0 Å². The monoisotopic (exact) mass is 194 g/mol. The molecular formula is C7H9F3N2O. The Morgan fingerprint density at radius 3 is 2.54 bits per heavy atom. The van der Waals surface area contributed by atoms with Gasteiger partial charge in [0, 0.05) is 14.1 Å². The average molecular weight is 194 g/mol. The topological polar surface area (TPSA) is 24.8 Å². The molecule has 0 fully saturated rings. The summed E-state index contributed by atoms with van der Waals surface area (Å²) in [6, 6.07) is -0.0187. The number of allylic oxidation sites excluding steroid dienone is 1. The van der Waals surface area contributed by atoms with Crippen LogP contribution in [0.2, 0.25) is 0 Å². The first-order valence-corrected chi connectivity index (χ1v) is 3.57. The molecule has 0 spiro atoms. The minimum Gasteiger partial charge on any atom is -0.461 e. The molecule has 0 aromatic heterocycles. The van der Waals surface area contributed by atoms with Crippen molar-refractivity contribution in [2.75, 3.05) is 20.7 Å². The standard InChI is InChI=1S/C7H9F3N2O/c1-12(2)6-11-5(3-4-13-6)7(8,9)10/h3H,4H2,1-2H3. The average Bonchev–Trinajstić information content (AvgIpc) is 2.03. The highest BCUT2D eigenvalue weighted by Crippen LogP contribution is 2.28. The van der Waals surface area contributed by atoms with Crippen molar-refractivity contribution in [2.24, 2.45) is 4.99 Å². The van der Waals surface area contributed by atoms with E-state index in [1.807, 2.05) is 0 Å². The SMILES string of the molecule is CN(C)C1=NC(C(F)(F)F)=CCO1. The Kier molecular flexibility index (Phi) is 2.49. The first-order chi connectivity index (χ1) is 5.91. The van der Waals surface area contributed by atoms with Crippen LogP contribution in [0.5, 0.6) is 0 Å². The second-order valence-corrected chi connectivity index (χ2v) is 2.69. The molecule has 13 heavy (non-hydrogen) atoms.